The summed E-state index contributed by atoms with van der Waals surface area (Å²) in [4.78, 5) is 68.1. The lowest BCUT2D eigenvalue weighted by molar-refractivity contribution is -0.384. The molecular formula is C50H59ClN14O8S2. The molecule has 0 unspecified atom stereocenters. The van der Waals surface area contributed by atoms with Gasteiger partial charge in [0.1, 0.15) is 32.1 Å². The smallest absolute Gasteiger partial charge is 0.293 e. The fraction of sp³-hybridized carbons (Fsp3) is 0.360. The molecule has 4 saturated heterocycles. The van der Waals surface area contributed by atoms with Crippen LogP contribution in [0.1, 0.15) is 30.5 Å². The van der Waals surface area contributed by atoms with Crippen molar-refractivity contribution >= 4 is 108 Å². The van der Waals surface area contributed by atoms with Crippen molar-refractivity contribution < 1.29 is 28.9 Å². The standard InChI is InChI=1S/C25H29N7O4S.C21H21ClN6O3S.C4H9NO/c1-29-8-10-30(11-9-29)19-5-3-18(4-6-19)27-25-28-24(26)23(37-25)22(33)17-2-7-20(21(16-17)32(34)35)31-12-14-36-15-13-31;1-26-8-10-27(11-9-26)15-5-3-14(4-6-15)24-21-25-20(23)19(32-21)18(29)13-2-7-16(22)17(12-13)28(30)31;1-3-6-4-2-5-1/h2-7,16H,8-15,26H2,1H3,(H,27,28);2-7,12H,8-11,23H2,1H3,(H,24,25);5H,1-4H2. The molecular weight excluding hydrogens is 1020 g/mol. The molecule has 396 valence electrons. The molecule has 25 heteroatoms. The summed E-state index contributed by atoms with van der Waals surface area (Å²) in [5, 5.41) is 33.3. The van der Waals surface area contributed by atoms with E-state index < -0.39 is 21.4 Å². The number of likely N-dealkylation sites (N-methyl/N-ethyl adjacent to an activating group) is 2. The van der Waals surface area contributed by atoms with Gasteiger partial charge in [-0.05, 0) is 86.9 Å². The molecule has 7 N–H and O–H groups in total. The maximum atomic E-state index is 13.2. The minimum atomic E-state index is -0.631. The Labute approximate surface area is 446 Å². The van der Waals surface area contributed by atoms with E-state index in [2.05, 4.69) is 71.7 Å². The van der Waals surface area contributed by atoms with Gasteiger partial charge < -0.3 is 61.4 Å². The molecule has 0 amide bonds. The van der Waals surface area contributed by atoms with E-state index in [-0.39, 0.29) is 48.9 Å². The van der Waals surface area contributed by atoms with Crippen molar-refractivity contribution in [3.05, 3.63) is 131 Å². The lowest BCUT2D eigenvalue weighted by Crippen LogP contribution is -2.44. The van der Waals surface area contributed by atoms with Gasteiger partial charge in [-0.2, -0.15) is 0 Å². The van der Waals surface area contributed by atoms with E-state index in [1.807, 2.05) is 41.3 Å². The van der Waals surface area contributed by atoms with Crippen molar-refractivity contribution in [3.8, 4) is 0 Å². The molecule has 2 aromatic heterocycles. The highest BCUT2D eigenvalue weighted by molar-refractivity contribution is 7.18. The summed E-state index contributed by atoms with van der Waals surface area (Å²) in [7, 11) is 4.25. The van der Waals surface area contributed by atoms with Crippen molar-refractivity contribution in [2.75, 3.05) is 156 Å². The fourth-order valence-electron chi connectivity index (χ4n) is 8.44. The number of hydrogen-bond donors (Lipinski definition) is 5. The summed E-state index contributed by atoms with van der Waals surface area (Å²) in [6, 6.07) is 24.5. The molecule has 0 bridgehead atoms. The zero-order valence-corrected chi connectivity index (χ0v) is 43.9. The summed E-state index contributed by atoms with van der Waals surface area (Å²) in [6.07, 6.45) is 0. The third-order valence-electron chi connectivity index (χ3n) is 12.7. The topological polar surface area (TPSA) is 269 Å². The first-order valence-corrected chi connectivity index (χ1v) is 26.3. The number of nitrogens with two attached hydrogens (primary N) is 2. The molecule has 0 aliphatic carbocycles. The number of anilines is 9. The SMILES string of the molecule is C1COCCN1.CN1CCN(c2ccc(Nc3nc(N)c(C(=O)c4ccc(Cl)c([N+](=O)[O-])c4)s3)cc2)CC1.CN1CCN(c2ccc(Nc3nc(N)c(C(=O)c4ccc(N5CCOCC5)c([N+](=O)[O-])c4)s3)cc2)CC1. The summed E-state index contributed by atoms with van der Waals surface area (Å²) in [5.74, 6) is -0.691. The first-order chi connectivity index (χ1) is 36.2. The van der Waals surface area contributed by atoms with E-state index in [1.54, 1.807) is 12.1 Å². The van der Waals surface area contributed by atoms with Crippen molar-refractivity contribution in [3.63, 3.8) is 0 Å². The highest BCUT2D eigenvalue weighted by Gasteiger charge is 2.27. The van der Waals surface area contributed by atoms with E-state index in [1.165, 1.54) is 18.2 Å². The summed E-state index contributed by atoms with van der Waals surface area (Å²) >= 11 is 8.05. The lowest BCUT2D eigenvalue weighted by atomic mass is 10.1. The maximum absolute atomic E-state index is 13.2. The van der Waals surface area contributed by atoms with Gasteiger partial charge in [-0.1, -0.05) is 34.3 Å². The third-order valence-corrected chi connectivity index (χ3v) is 15.0. The molecule has 6 aromatic rings. The first kappa shape index (κ1) is 54.2. The van der Waals surface area contributed by atoms with E-state index >= 15 is 0 Å². The molecule has 4 aliphatic rings. The number of nitrogens with zero attached hydrogens (tertiary/aromatic N) is 9. The van der Waals surface area contributed by atoms with E-state index in [0.717, 1.165) is 130 Å². The van der Waals surface area contributed by atoms with Gasteiger partial charge in [0.15, 0.2) is 10.3 Å². The number of nitro benzene ring substituents is 2. The van der Waals surface area contributed by atoms with Gasteiger partial charge in [0.05, 0.1) is 36.3 Å². The number of morpholine rings is 2. The molecule has 4 fully saturated rings. The van der Waals surface area contributed by atoms with Gasteiger partial charge in [0.25, 0.3) is 11.4 Å². The van der Waals surface area contributed by atoms with Gasteiger partial charge in [0.2, 0.25) is 11.6 Å². The number of benzene rings is 4. The van der Waals surface area contributed by atoms with Crippen molar-refractivity contribution in [1.29, 1.82) is 0 Å². The first-order valence-electron chi connectivity index (χ1n) is 24.3. The Morgan fingerprint density at radius 1 is 0.600 bits per heavy atom. The van der Waals surface area contributed by atoms with Gasteiger partial charge in [-0.25, -0.2) is 9.97 Å². The largest absolute Gasteiger partial charge is 0.382 e. The van der Waals surface area contributed by atoms with Crippen LogP contribution in [0.5, 0.6) is 0 Å². The molecule has 10 rings (SSSR count). The Bertz CT molecular complexity index is 2930. The average molecular weight is 1080 g/mol. The third kappa shape index (κ3) is 14.2. The second-order valence-corrected chi connectivity index (χ2v) is 20.3. The second-order valence-electron chi connectivity index (χ2n) is 17.9. The van der Waals surface area contributed by atoms with E-state index in [4.69, 9.17) is 32.5 Å². The Hall–Kier alpha value is -7.03. The second kappa shape index (κ2) is 25.5. The van der Waals surface area contributed by atoms with Gasteiger partial charge in [-0.15, -0.1) is 0 Å². The number of aromatic nitrogens is 2. The van der Waals surface area contributed by atoms with Gasteiger partial charge >= 0.3 is 0 Å². The predicted molar refractivity (Wildman–Crippen MR) is 297 cm³/mol. The Kier molecular flexibility index (Phi) is 18.4. The van der Waals surface area contributed by atoms with E-state index in [0.29, 0.717) is 42.3 Å². The minimum absolute atomic E-state index is 0.0359. The quantitative estimate of drug-likeness (QED) is 0.0451. The van der Waals surface area contributed by atoms with Gasteiger partial charge in [-0.3, -0.25) is 29.8 Å². The average Bonchev–Trinajstić information content (AvgIpc) is 3.99. The molecule has 75 heavy (non-hydrogen) atoms. The van der Waals surface area contributed by atoms with Crippen LogP contribution >= 0.6 is 34.3 Å². The highest BCUT2D eigenvalue weighted by atomic mass is 35.5. The highest BCUT2D eigenvalue weighted by Crippen LogP contribution is 2.36. The number of nitro groups is 2. The van der Waals surface area contributed by atoms with E-state index in [9.17, 15) is 29.8 Å². The number of nitrogen functional groups attached to an aromatic ring is 2. The number of carbonyl (C=O) groups is 2. The fourth-order valence-corrected chi connectivity index (χ4v) is 10.4. The van der Waals surface area contributed by atoms with Crippen LogP contribution in [0.4, 0.5) is 61.7 Å². The number of piperazine rings is 2. The monoisotopic (exact) mass is 1080 g/mol. The molecule has 6 heterocycles. The number of hydrogen-bond acceptors (Lipinski definition) is 22. The Morgan fingerprint density at radius 2 is 1.03 bits per heavy atom. The lowest BCUT2D eigenvalue weighted by Gasteiger charge is -2.34. The number of ketones is 2. The molecule has 4 aromatic carbocycles. The number of carbonyl (C=O) groups excluding carboxylic acids is 2. The van der Waals surface area contributed by atoms with Crippen LogP contribution in [0.2, 0.25) is 5.02 Å². The number of nitrogens with one attached hydrogen (secondary N) is 3. The summed E-state index contributed by atoms with van der Waals surface area (Å²) in [5.41, 5.74) is 16.4. The summed E-state index contributed by atoms with van der Waals surface area (Å²) < 4.78 is 10.3. The molecule has 4 aliphatic heterocycles. The van der Waals surface area contributed by atoms with Gasteiger partial charge in [0, 0.05) is 125 Å². The maximum Gasteiger partial charge on any atom is 0.293 e. The van der Waals surface area contributed by atoms with Crippen LogP contribution in [-0.2, 0) is 9.47 Å². The van der Waals surface area contributed by atoms with Crippen LogP contribution in [0, 0.1) is 20.2 Å². The molecule has 0 radical (unpaired) electrons. The molecule has 0 saturated carbocycles. The van der Waals surface area contributed by atoms with Crippen molar-refractivity contribution in [2.24, 2.45) is 0 Å². The number of ether oxygens (including phenoxy) is 2. The zero-order chi connectivity index (χ0) is 53.0. The van der Waals surface area contributed by atoms with Crippen LogP contribution in [0.25, 0.3) is 0 Å². The minimum Gasteiger partial charge on any atom is -0.382 e. The molecule has 22 nitrogen and oxygen atoms in total. The zero-order valence-electron chi connectivity index (χ0n) is 41.5. The van der Waals surface area contributed by atoms with Crippen LogP contribution in [0.3, 0.4) is 0 Å². The normalized spacial score (nSPS) is 16.2. The molecule has 0 atom stereocenters. The van der Waals surface area contributed by atoms with Crippen LogP contribution < -0.4 is 42.1 Å². The van der Waals surface area contributed by atoms with Crippen LogP contribution in [0.15, 0.2) is 84.9 Å². The van der Waals surface area contributed by atoms with Crippen molar-refractivity contribution in [1.82, 2.24) is 25.1 Å². The van der Waals surface area contributed by atoms with Crippen molar-refractivity contribution in [2.45, 2.75) is 0 Å². The number of rotatable bonds is 13. The predicted octanol–water partition coefficient (Wildman–Crippen LogP) is 6.82. The number of thiazole rings is 2. The Balaban J connectivity index is 0.000000180. The molecule has 0 spiro atoms. The number of halogens is 1. The van der Waals surface area contributed by atoms with Crippen LogP contribution in [-0.4, -0.2) is 160 Å². The Morgan fingerprint density at radius 3 is 1.44 bits per heavy atom. The summed E-state index contributed by atoms with van der Waals surface area (Å²) in [6.45, 7) is 14.0.